The largest absolute Gasteiger partial charge is 0.490 e. The maximum atomic E-state index is 12.8. The minimum absolute atomic E-state index is 0.0853. The van der Waals surface area contributed by atoms with E-state index in [0.29, 0.717) is 16.7 Å². The molecule has 0 N–H and O–H groups in total. The van der Waals surface area contributed by atoms with Crippen LogP contribution in [0, 0.1) is 0 Å². The number of ether oxygens (including phenoxy) is 4. The zero-order chi connectivity index (χ0) is 23.9. The first-order valence-corrected chi connectivity index (χ1v) is 10.6. The third-order valence-electron chi connectivity index (χ3n) is 5.18. The molecule has 0 unspecified atom stereocenters. The number of benzene rings is 3. The Bertz CT molecular complexity index is 1160. The minimum Gasteiger partial charge on any atom is -0.490 e. The molecule has 0 radical (unpaired) electrons. The second kappa shape index (κ2) is 10.5. The van der Waals surface area contributed by atoms with Crippen LogP contribution in [0.1, 0.15) is 31.1 Å². The summed E-state index contributed by atoms with van der Waals surface area (Å²) in [6.45, 7) is 3.69. The Labute approximate surface area is 196 Å². The maximum absolute atomic E-state index is 12.8. The van der Waals surface area contributed by atoms with Gasteiger partial charge in [-0.05, 0) is 36.4 Å². The summed E-state index contributed by atoms with van der Waals surface area (Å²) in [5.41, 5.74) is 0.908. The van der Waals surface area contributed by atoms with Crippen LogP contribution in [0.4, 0.5) is 0 Å². The van der Waals surface area contributed by atoms with Crippen LogP contribution in [0.2, 0.25) is 0 Å². The molecule has 0 aromatic heterocycles. The van der Waals surface area contributed by atoms with E-state index in [-0.39, 0.29) is 12.4 Å². The van der Waals surface area contributed by atoms with Crippen LogP contribution in [-0.2, 0) is 18.9 Å². The van der Waals surface area contributed by atoms with Gasteiger partial charge in [0.15, 0.2) is 18.3 Å². The van der Waals surface area contributed by atoms with Gasteiger partial charge in [0.1, 0.15) is 12.4 Å². The molecule has 1 aliphatic rings. The molecule has 7 heteroatoms. The van der Waals surface area contributed by atoms with Crippen molar-refractivity contribution in [3.05, 3.63) is 120 Å². The fourth-order valence-corrected chi connectivity index (χ4v) is 3.42. The van der Waals surface area contributed by atoms with Gasteiger partial charge in [-0.3, -0.25) is 0 Å². The number of hydrogen-bond donors (Lipinski definition) is 0. The van der Waals surface area contributed by atoms with Crippen molar-refractivity contribution in [2.75, 3.05) is 6.61 Å². The number of esters is 3. The van der Waals surface area contributed by atoms with Gasteiger partial charge in [-0.2, -0.15) is 0 Å². The van der Waals surface area contributed by atoms with Gasteiger partial charge >= 0.3 is 17.9 Å². The highest BCUT2D eigenvalue weighted by Gasteiger charge is 2.45. The van der Waals surface area contributed by atoms with Gasteiger partial charge in [0.05, 0.1) is 16.7 Å². The Morgan fingerprint density at radius 3 is 1.53 bits per heavy atom. The molecule has 34 heavy (non-hydrogen) atoms. The lowest BCUT2D eigenvalue weighted by Gasteiger charge is -2.37. The number of rotatable bonds is 6. The van der Waals surface area contributed by atoms with Crippen molar-refractivity contribution in [1.29, 1.82) is 0 Å². The van der Waals surface area contributed by atoms with Crippen LogP contribution in [0.3, 0.4) is 0 Å². The molecule has 3 aromatic rings. The van der Waals surface area contributed by atoms with Crippen molar-refractivity contribution in [3.63, 3.8) is 0 Å². The fraction of sp³-hybridized carbons (Fsp3) is 0.148. The van der Waals surface area contributed by atoms with Crippen LogP contribution >= 0.6 is 0 Å². The SMILES string of the molecule is C=C1OC[C@H](OC(=O)c2ccccc2)[C@@H](OC(=O)c2ccccc2)[C@@H]1OC(=O)c1ccccc1. The summed E-state index contributed by atoms with van der Waals surface area (Å²) in [7, 11) is 0. The van der Waals surface area contributed by atoms with Crippen LogP contribution in [-0.4, -0.2) is 42.8 Å². The van der Waals surface area contributed by atoms with Gasteiger partial charge in [-0.25, -0.2) is 14.4 Å². The molecule has 4 rings (SSSR count). The topological polar surface area (TPSA) is 88.1 Å². The summed E-state index contributed by atoms with van der Waals surface area (Å²) in [5, 5.41) is 0. The molecule has 7 nitrogen and oxygen atoms in total. The van der Waals surface area contributed by atoms with Crippen molar-refractivity contribution >= 4 is 17.9 Å². The number of carbonyl (C=O) groups is 3. The van der Waals surface area contributed by atoms with E-state index in [9.17, 15) is 14.4 Å². The van der Waals surface area contributed by atoms with Crippen LogP contribution in [0.25, 0.3) is 0 Å². The fourth-order valence-electron chi connectivity index (χ4n) is 3.42. The Hall–Kier alpha value is -4.39. The lowest BCUT2D eigenvalue weighted by atomic mass is 10.0. The first-order chi connectivity index (χ1) is 16.5. The Balaban J connectivity index is 1.60. The summed E-state index contributed by atoms with van der Waals surface area (Å²) in [6.07, 6.45) is -3.41. The molecule has 0 aliphatic carbocycles. The number of carbonyl (C=O) groups excluding carboxylic acids is 3. The molecule has 1 heterocycles. The molecule has 0 spiro atoms. The Kier molecular flexibility index (Phi) is 7.03. The summed E-state index contributed by atoms with van der Waals surface area (Å²) in [4.78, 5) is 38.3. The second-order valence-electron chi connectivity index (χ2n) is 7.51. The highest BCUT2D eigenvalue weighted by Crippen LogP contribution is 2.28. The van der Waals surface area contributed by atoms with Crippen molar-refractivity contribution < 1.29 is 33.3 Å². The Morgan fingerprint density at radius 2 is 1.06 bits per heavy atom. The van der Waals surface area contributed by atoms with Crippen molar-refractivity contribution in [2.24, 2.45) is 0 Å². The first-order valence-electron chi connectivity index (χ1n) is 10.6. The van der Waals surface area contributed by atoms with Gasteiger partial charge in [-0.15, -0.1) is 0 Å². The third-order valence-corrected chi connectivity index (χ3v) is 5.18. The van der Waals surface area contributed by atoms with Crippen LogP contribution < -0.4 is 0 Å². The lowest BCUT2D eigenvalue weighted by molar-refractivity contribution is -0.131. The van der Waals surface area contributed by atoms with Crippen LogP contribution in [0.5, 0.6) is 0 Å². The van der Waals surface area contributed by atoms with E-state index in [1.807, 2.05) is 0 Å². The van der Waals surface area contributed by atoms with E-state index in [4.69, 9.17) is 18.9 Å². The summed E-state index contributed by atoms with van der Waals surface area (Å²) in [5.74, 6) is -1.87. The second-order valence-corrected chi connectivity index (χ2v) is 7.51. The van der Waals surface area contributed by atoms with E-state index >= 15 is 0 Å². The smallest absolute Gasteiger partial charge is 0.338 e. The van der Waals surface area contributed by atoms with Crippen molar-refractivity contribution in [3.8, 4) is 0 Å². The molecule has 3 atom stereocenters. The van der Waals surface area contributed by atoms with Gasteiger partial charge in [0.2, 0.25) is 0 Å². The van der Waals surface area contributed by atoms with Gasteiger partial charge in [-0.1, -0.05) is 61.2 Å². The lowest BCUT2D eigenvalue weighted by Crippen LogP contribution is -2.52. The van der Waals surface area contributed by atoms with Gasteiger partial charge in [0, 0.05) is 0 Å². The Morgan fingerprint density at radius 1 is 0.647 bits per heavy atom. The van der Waals surface area contributed by atoms with E-state index in [1.165, 1.54) is 0 Å². The molecular formula is C27H22O7. The van der Waals surface area contributed by atoms with Crippen molar-refractivity contribution in [1.82, 2.24) is 0 Å². The van der Waals surface area contributed by atoms with E-state index in [2.05, 4.69) is 6.58 Å². The average molecular weight is 458 g/mol. The van der Waals surface area contributed by atoms with Crippen molar-refractivity contribution in [2.45, 2.75) is 18.3 Å². The molecule has 0 bridgehead atoms. The van der Waals surface area contributed by atoms with E-state index in [0.717, 1.165) is 0 Å². The molecule has 0 saturated carbocycles. The van der Waals surface area contributed by atoms with Gasteiger partial charge in [0.25, 0.3) is 0 Å². The van der Waals surface area contributed by atoms with Gasteiger partial charge < -0.3 is 18.9 Å². The standard InChI is InChI=1S/C27H22O7/c1-18-23(33-26(29)20-13-7-3-8-14-20)24(34-27(30)21-15-9-4-10-16-21)22(17-31-18)32-25(28)19-11-5-2-6-12-19/h2-16,22-24H,1,17H2/t22-,23+,24+/m0/s1. The van der Waals surface area contributed by atoms with E-state index in [1.54, 1.807) is 91.0 Å². The maximum Gasteiger partial charge on any atom is 0.338 e. The molecule has 1 aliphatic heterocycles. The molecule has 3 aromatic carbocycles. The molecule has 172 valence electrons. The van der Waals surface area contributed by atoms with E-state index < -0.39 is 36.2 Å². The third kappa shape index (κ3) is 5.32. The molecule has 0 amide bonds. The quantitative estimate of drug-likeness (QED) is 0.404. The molecule has 1 saturated heterocycles. The predicted molar refractivity (Wildman–Crippen MR) is 122 cm³/mol. The van der Waals surface area contributed by atoms with Crippen LogP contribution in [0.15, 0.2) is 103 Å². The first kappa shape index (κ1) is 22.8. The number of hydrogen-bond acceptors (Lipinski definition) is 7. The highest BCUT2D eigenvalue weighted by atomic mass is 16.6. The summed E-state index contributed by atoms with van der Waals surface area (Å²) in [6, 6.07) is 25.0. The molecular weight excluding hydrogens is 436 g/mol. The highest BCUT2D eigenvalue weighted by molar-refractivity contribution is 5.91. The molecule has 1 fully saturated rings. The predicted octanol–water partition coefficient (Wildman–Crippen LogP) is 4.21. The summed E-state index contributed by atoms with van der Waals surface area (Å²) < 4.78 is 22.5. The zero-order valence-electron chi connectivity index (χ0n) is 18.2. The monoisotopic (exact) mass is 458 g/mol. The average Bonchev–Trinajstić information content (AvgIpc) is 2.89. The summed E-state index contributed by atoms with van der Waals surface area (Å²) >= 11 is 0. The zero-order valence-corrected chi connectivity index (χ0v) is 18.2. The minimum atomic E-state index is -1.19. The normalized spacial score (nSPS) is 19.4.